The van der Waals surface area contributed by atoms with Crippen LogP contribution in [0.1, 0.15) is 11.3 Å². The van der Waals surface area contributed by atoms with Gasteiger partial charge < -0.3 is 10.6 Å². The third-order valence-corrected chi connectivity index (χ3v) is 4.18. The van der Waals surface area contributed by atoms with Crippen LogP contribution in [-0.4, -0.2) is 29.9 Å². The minimum atomic E-state index is 0.0348. The molecule has 0 aromatic carbocycles. The SMILES string of the molecule is NC1CC(=O)N(CCc2ccc(Br)s2)C1. The highest BCUT2D eigenvalue weighted by Crippen LogP contribution is 2.23. The zero-order valence-corrected chi connectivity index (χ0v) is 10.7. The van der Waals surface area contributed by atoms with Crippen molar-refractivity contribution in [2.75, 3.05) is 13.1 Å². The van der Waals surface area contributed by atoms with Gasteiger partial charge in [-0.15, -0.1) is 11.3 Å². The van der Waals surface area contributed by atoms with Crippen molar-refractivity contribution in [3.05, 3.63) is 20.8 Å². The van der Waals surface area contributed by atoms with Crippen molar-refractivity contribution in [3.8, 4) is 0 Å². The first kappa shape index (κ1) is 11.1. The van der Waals surface area contributed by atoms with Gasteiger partial charge in [-0.25, -0.2) is 0 Å². The van der Waals surface area contributed by atoms with Gasteiger partial charge in [-0.2, -0.15) is 0 Å². The van der Waals surface area contributed by atoms with Crippen LogP contribution in [0.15, 0.2) is 15.9 Å². The Morgan fingerprint density at radius 1 is 1.60 bits per heavy atom. The summed E-state index contributed by atoms with van der Waals surface area (Å²) in [5, 5.41) is 0. The smallest absolute Gasteiger partial charge is 0.224 e. The van der Waals surface area contributed by atoms with Crippen molar-refractivity contribution >= 4 is 33.2 Å². The summed E-state index contributed by atoms with van der Waals surface area (Å²) in [5.74, 6) is 0.193. The van der Waals surface area contributed by atoms with Gasteiger partial charge in [-0.05, 0) is 34.5 Å². The fourth-order valence-corrected chi connectivity index (χ4v) is 3.22. The van der Waals surface area contributed by atoms with Crippen LogP contribution >= 0.6 is 27.3 Å². The summed E-state index contributed by atoms with van der Waals surface area (Å²) in [7, 11) is 0. The molecule has 2 rings (SSSR count). The first-order valence-corrected chi connectivity index (χ1v) is 6.53. The van der Waals surface area contributed by atoms with Crippen LogP contribution < -0.4 is 5.73 Å². The maximum Gasteiger partial charge on any atom is 0.224 e. The highest BCUT2D eigenvalue weighted by Gasteiger charge is 2.26. The van der Waals surface area contributed by atoms with Crippen molar-refractivity contribution in [1.82, 2.24) is 4.90 Å². The number of nitrogens with two attached hydrogens (primary N) is 1. The van der Waals surface area contributed by atoms with E-state index in [1.54, 1.807) is 11.3 Å². The van der Waals surface area contributed by atoms with Gasteiger partial charge in [0.25, 0.3) is 0 Å². The second kappa shape index (κ2) is 4.63. The second-order valence-electron chi connectivity index (χ2n) is 3.76. The van der Waals surface area contributed by atoms with Crippen molar-refractivity contribution < 1.29 is 4.79 Å². The maximum atomic E-state index is 11.5. The van der Waals surface area contributed by atoms with Gasteiger partial charge in [-0.1, -0.05) is 0 Å². The van der Waals surface area contributed by atoms with Crippen LogP contribution in [0, 0.1) is 0 Å². The molecule has 0 aliphatic carbocycles. The number of carbonyl (C=O) groups excluding carboxylic acids is 1. The molecule has 0 radical (unpaired) electrons. The zero-order chi connectivity index (χ0) is 10.8. The normalized spacial score (nSPS) is 21.3. The van der Waals surface area contributed by atoms with Crippen LogP contribution in [0.3, 0.4) is 0 Å². The van der Waals surface area contributed by atoms with E-state index in [1.165, 1.54) is 4.88 Å². The van der Waals surface area contributed by atoms with Crippen LogP contribution in [-0.2, 0) is 11.2 Å². The number of hydrogen-bond acceptors (Lipinski definition) is 3. The van der Waals surface area contributed by atoms with Crippen molar-refractivity contribution in [3.63, 3.8) is 0 Å². The first-order valence-electron chi connectivity index (χ1n) is 4.93. The van der Waals surface area contributed by atoms with E-state index in [0.29, 0.717) is 13.0 Å². The van der Waals surface area contributed by atoms with Gasteiger partial charge in [-0.3, -0.25) is 4.79 Å². The van der Waals surface area contributed by atoms with E-state index in [9.17, 15) is 4.79 Å². The number of likely N-dealkylation sites (tertiary alicyclic amines) is 1. The second-order valence-corrected chi connectivity index (χ2v) is 6.31. The average molecular weight is 289 g/mol. The van der Waals surface area contributed by atoms with Crippen molar-refractivity contribution in [2.45, 2.75) is 18.9 Å². The number of thiophene rings is 1. The molecule has 1 unspecified atom stereocenters. The molecule has 15 heavy (non-hydrogen) atoms. The Bertz CT molecular complexity index is 366. The van der Waals surface area contributed by atoms with E-state index in [4.69, 9.17) is 5.73 Å². The molecule has 2 N–H and O–H groups in total. The van der Waals surface area contributed by atoms with E-state index in [0.717, 1.165) is 16.8 Å². The van der Waals surface area contributed by atoms with Crippen molar-refractivity contribution in [1.29, 1.82) is 0 Å². The quantitative estimate of drug-likeness (QED) is 0.919. The lowest BCUT2D eigenvalue weighted by atomic mass is 10.3. The molecule has 1 atom stereocenters. The summed E-state index contributed by atoms with van der Waals surface area (Å²) in [6.45, 7) is 1.50. The maximum absolute atomic E-state index is 11.5. The van der Waals surface area contributed by atoms with Gasteiger partial charge >= 0.3 is 0 Å². The standard InChI is InChI=1S/C10H13BrN2OS/c11-9-2-1-8(15-9)3-4-13-6-7(12)5-10(13)14/h1-2,7H,3-6,12H2. The van der Waals surface area contributed by atoms with Crippen molar-refractivity contribution in [2.24, 2.45) is 5.73 Å². The molecule has 0 spiro atoms. The van der Waals surface area contributed by atoms with E-state index < -0.39 is 0 Å². The zero-order valence-electron chi connectivity index (χ0n) is 8.28. The number of hydrogen-bond donors (Lipinski definition) is 1. The number of rotatable bonds is 3. The molecule has 1 aromatic heterocycles. The molecule has 3 nitrogen and oxygen atoms in total. The minimum Gasteiger partial charge on any atom is -0.341 e. The molecule has 82 valence electrons. The number of amides is 1. The van der Waals surface area contributed by atoms with Gasteiger partial charge in [0.05, 0.1) is 3.79 Å². The predicted octanol–water partition coefficient (Wildman–Crippen LogP) is 1.61. The van der Waals surface area contributed by atoms with Crippen LogP contribution in [0.4, 0.5) is 0 Å². The molecule has 5 heteroatoms. The Morgan fingerprint density at radius 3 is 2.93 bits per heavy atom. The van der Waals surface area contributed by atoms with Gasteiger partial charge in [0.15, 0.2) is 0 Å². The fourth-order valence-electron chi connectivity index (χ4n) is 1.75. The van der Waals surface area contributed by atoms with Crippen LogP contribution in [0.2, 0.25) is 0 Å². The lowest BCUT2D eigenvalue weighted by Gasteiger charge is -2.14. The summed E-state index contributed by atoms with van der Waals surface area (Å²) in [6, 6.07) is 4.17. The first-order chi connectivity index (χ1) is 7.15. The predicted molar refractivity (Wildman–Crippen MR) is 64.9 cm³/mol. The largest absolute Gasteiger partial charge is 0.341 e. The molecule has 2 heterocycles. The summed E-state index contributed by atoms with van der Waals surface area (Å²) < 4.78 is 1.14. The average Bonchev–Trinajstić information content (AvgIpc) is 2.70. The number of nitrogens with zero attached hydrogens (tertiary/aromatic N) is 1. The van der Waals surface area contributed by atoms with E-state index >= 15 is 0 Å². The highest BCUT2D eigenvalue weighted by molar-refractivity contribution is 9.11. The molecule has 1 aliphatic heterocycles. The number of carbonyl (C=O) groups is 1. The van der Waals surface area contributed by atoms with E-state index in [-0.39, 0.29) is 11.9 Å². The Morgan fingerprint density at radius 2 is 2.40 bits per heavy atom. The molecule has 1 amide bonds. The number of halogens is 1. The van der Waals surface area contributed by atoms with E-state index in [1.807, 2.05) is 11.0 Å². The molecule has 1 aromatic rings. The Balaban J connectivity index is 1.86. The van der Waals surface area contributed by atoms with Crippen LogP contribution in [0.25, 0.3) is 0 Å². The van der Waals surface area contributed by atoms with Gasteiger partial charge in [0.2, 0.25) is 5.91 Å². The molecular formula is C10H13BrN2OS. The third-order valence-electron chi connectivity index (χ3n) is 2.50. The molecule has 1 saturated heterocycles. The molecule has 1 aliphatic rings. The summed E-state index contributed by atoms with van der Waals surface area (Å²) in [5.41, 5.74) is 5.72. The topological polar surface area (TPSA) is 46.3 Å². The fraction of sp³-hybridized carbons (Fsp3) is 0.500. The van der Waals surface area contributed by atoms with Gasteiger partial charge in [0.1, 0.15) is 0 Å². The summed E-state index contributed by atoms with van der Waals surface area (Å²) in [6.07, 6.45) is 1.43. The molecular weight excluding hydrogens is 276 g/mol. The third kappa shape index (κ3) is 2.80. The Kier molecular flexibility index (Phi) is 3.43. The summed E-state index contributed by atoms with van der Waals surface area (Å²) >= 11 is 5.15. The minimum absolute atomic E-state index is 0.0348. The summed E-state index contributed by atoms with van der Waals surface area (Å²) in [4.78, 5) is 14.6. The Hall–Kier alpha value is -0.390. The Labute approximate surface area is 101 Å². The lowest BCUT2D eigenvalue weighted by Crippen LogP contribution is -2.29. The molecule has 1 fully saturated rings. The lowest BCUT2D eigenvalue weighted by molar-refractivity contribution is -0.127. The van der Waals surface area contributed by atoms with Crippen LogP contribution in [0.5, 0.6) is 0 Å². The molecule has 0 bridgehead atoms. The van der Waals surface area contributed by atoms with Gasteiger partial charge in [0, 0.05) is 30.4 Å². The molecule has 0 saturated carbocycles. The monoisotopic (exact) mass is 288 g/mol. The van der Waals surface area contributed by atoms with E-state index in [2.05, 4.69) is 22.0 Å². The highest BCUT2D eigenvalue weighted by atomic mass is 79.9.